The summed E-state index contributed by atoms with van der Waals surface area (Å²) in [5.74, 6) is 0.338. The van der Waals surface area contributed by atoms with Crippen molar-refractivity contribution in [3.05, 3.63) is 30.0 Å². The van der Waals surface area contributed by atoms with Gasteiger partial charge in [0.2, 0.25) is 0 Å². The molecular weight excluding hydrogens is 212 g/mol. The van der Waals surface area contributed by atoms with E-state index >= 15 is 0 Å². The molecule has 0 bridgehead atoms. The molecule has 0 atom stereocenters. The summed E-state index contributed by atoms with van der Waals surface area (Å²) in [6.45, 7) is 1.02. The number of phenols is 1. The van der Waals surface area contributed by atoms with Gasteiger partial charge < -0.3 is 15.4 Å². The molecular formula is C14H18N2O. The molecule has 3 heteroatoms. The van der Waals surface area contributed by atoms with Gasteiger partial charge in [-0.15, -0.1) is 0 Å². The lowest BCUT2D eigenvalue weighted by Gasteiger charge is -2.26. The quantitative estimate of drug-likeness (QED) is 0.756. The third-order valence-electron chi connectivity index (χ3n) is 3.68. The summed E-state index contributed by atoms with van der Waals surface area (Å²) in [5, 5.41) is 14.2. The maximum Gasteiger partial charge on any atom is 0.116 e. The maximum atomic E-state index is 9.50. The monoisotopic (exact) mass is 230 g/mol. The zero-order valence-corrected chi connectivity index (χ0v) is 9.87. The summed E-state index contributed by atoms with van der Waals surface area (Å²) in [4.78, 5) is 3.24. The number of phenolic OH excluding ortho intramolecular Hbond substituents is 1. The van der Waals surface area contributed by atoms with Gasteiger partial charge in [-0.1, -0.05) is 6.42 Å². The van der Waals surface area contributed by atoms with E-state index in [0.717, 1.165) is 29.9 Å². The van der Waals surface area contributed by atoms with Crippen molar-refractivity contribution < 1.29 is 5.11 Å². The molecule has 0 unspecified atom stereocenters. The first kappa shape index (κ1) is 10.7. The van der Waals surface area contributed by atoms with Crippen LogP contribution in [-0.2, 0) is 6.42 Å². The summed E-state index contributed by atoms with van der Waals surface area (Å²) in [7, 11) is 0. The van der Waals surface area contributed by atoms with Crippen LogP contribution in [0.1, 0.15) is 24.8 Å². The highest BCUT2D eigenvalue weighted by molar-refractivity contribution is 5.84. The van der Waals surface area contributed by atoms with Gasteiger partial charge in [0.15, 0.2) is 0 Å². The summed E-state index contributed by atoms with van der Waals surface area (Å²) in [5.41, 5.74) is 2.38. The molecule has 1 aromatic heterocycles. The third kappa shape index (κ3) is 2.15. The van der Waals surface area contributed by atoms with Crippen molar-refractivity contribution in [3.8, 4) is 5.75 Å². The van der Waals surface area contributed by atoms with E-state index < -0.39 is 0 Å². The second kappa shape index (κ2) is 4.41. The molecule has 1 heterocycles. The number of hydrogen-bond acceptors (Lipinski definition) is 2. The van der Waals surface area contributed by atoms with Crippen molar-refractivity contribution in [3.63, 3.8) is 0 Å². The molecule has 0 aliphatic heterocycles. The van der Waals surface area contributed by atoms with Crippen LogP contribution in [0.3, 0.4) is 0 Å². The molecule has 3 nitrogen and oxygen atoms in total. The van der Waals surface area contributed by atoms with Crippen LogP contribution < -0.4 is 5.32 Å². The Hall–Kier alpha value is -1.48. The molecule has 0 spiro atoms. The van der Waals surface area contributed by atoms with Crippen LogP contribution in [0.15, 0.2) is 24.4 Å². The van der Waals surface area contributed by atoms with E-state index in [1.807, 2.05) is 18.3 Å². The van der Waals surface area contributed by atoms with Gasteiger partial charge in [-0.05, 0) is 49.6 Å². The summed E-state index contributed by atoms with van der Waals surface area (Å²) in [6.07, 6.45) is 7.09. The average Bonchev–Trinajstić information content (AvgIpc) is 2.64. The molecule has 0 radical (unpaired) electrons. The molecule has 90 valence electrons. The standard InChI is InChI=1S/C14H18N2O/c17-12-4-5-14-13(8-12)10(9-16-14)6-7-15-11-2-1-3-11/h4-5,8-9,11,15-17H,1-3,6-7H2. The Kier molecular flexibility index (Phi) is 2.77. The molecule has 17 heavy (non-hydrogen) atoms. The second-order valence-electron chi connectivity index (χ2n) is 4.88. The van der Waals surface area contributed by atoms with E-state index in [9.17, 15) is 5.11 Å². The first-order valence-corrected chi connectivity index (χ1v) is 6.35. The molecule has 2 aromatic rings. The molecule has 1 saturated carbocycles. The number of rotatable bonds is 4. The fourth-order valence-electron chi connectivity index (χ4n) is 2.40. The fourth-order valence-corrected chi connectivity index (χ4v) is 2.40. The van der Waals surface area contributed by atoms with Crippen molar-refractivity contribution in [2.75, 3.05) is 6.54 Å². The summed E-state index contributed by atoms with van der Waals surface area (Å²) in [6, 6.07) is 6.22. The Morgan fingerprint density at radius 3 is 3.00 bits per heavy atom. The topological polar surface area (TPSA) is 48.0 Å². The predicted octanol–water partition coefficient (Wildman–Crippen LogP) is 2.56. The predicted molar refractivity (Wildman–Crippen MR) is 69.3 cm³/mol. The average molecular weight is 230 g/mol. The number of benzene rings is 1. The van der Waals surface area contributed by atoms with Gasteiger partial charge in [-0.3, -0.25) is 0 Å². The lowest BCUT2D eigenvalue weighted by atomic mass is 9.93. The molecule has 0 saturated heterocycles. The summed E-state index contributed by atoms with van der Waals surface area (Å²) < 4.78 is 0. The van der Waals surface area contributed by atoms with Crippen molar-refractivity contribution in [1.29, 1.82) is 0 Å². The minimum Gasteiger partial charge on any atom is -0.508 e. The van der Waals surface area contributed by atoms with Crippen LogP contribution in [0.5, 0.6) is 5.75 Å². The highest BCUT2D eigenvalue weighted by Crippen LogP contribution is 2.23. The Bertz CT molecular complexity index is 514. The molecule has 0 amide bonds. The van der Waals surface area contributed by atoms with E-state index in [-0.39, 0.29) is 0 Å². The molecule has 1 aliphatic carbocycles. The zero-order valence-electron chi connectivity index (χ0n) is 9.87. The minimum atomic E-state index is 0.338. The molecule has 3 rings (SSSR count). The fraction of sp³-hybridized carbons (Fsp3) is 0.429. The van der Waals surface area contributed by atoms with Crippen LogP contribution in [0, 0.1) is 0 Å². The van der Waals surface area contributed by atoms with Crippen molar-refractivity contribution in [2.24, 2.45) is 0 Å². The highest BCUT2D eigenvalue weighted by Gasteiger charge is 2.16. The van der Waals surface area contributed by atoms with Crippen molar-refractivity contribution >= 4 is 10.9 Å². The largest absolute Gasteiger partial charge is 0.508 e. The molecule has 1 aromatic carbocycles. The lowest BCUT2D eigenvalue weighted by molar-refractivity contribution is 0.342. The van der Waals surface area contributed by atoms with Crippen LogP contribution >= 0.6 is 0 Å². The maximum absolute atomic E-state index is 9.50. The van der Waals surface area contributed by atoms with Gasteiger partial charge in [0.1, 0.15) is 5.75 Å². The zero-order chi connectivity index (χ0) is 11.7. The SMILES string of the molecule is Oc1ccc2[nH]cc(CCNC3CCC3)c2c1. The van der Waals surface area contributed by atoms with Crippen LogP contribution in [0.25, 0.3) is 10.9 Å². The Labute approximate surface area is 101 Å². The molecule has 3 N–H and O–H groups in total. The highest BCUT2D eigenvalue weighted by atomic mass is 16.3. The Balaban J connectivity index is 1.69. The van der Waals surface area contributed by atoms with Gasteiger partial charge in [-0.2, -0.15) is 0 Å². The van der Waals surface area contributed by atoms with E-state index in [1.165, 1.54) is 24.8 Å². The molecule has 1 fully saturated rings. The van der Waals surface area contributed by atoms with E-state index in [4.69, 9.17) is 0 Å². The number of H-pyrrole nitrogens is 1. The third-order valence-corrected chi connectivity index (χ3v) is 3.68. The van der Waals surface area contributed by atoms with Crippen molar-refractivity contribution in [1.82, 2.24) is 10.3 Å². The van der Waals surface area contributed by atoms with Crippen molar-refractivity contribution in [2.45, 2.75) is 31.7 Å². The van der Waals surface area contributed by atoms with Gasteiger partial charge in [0.25, 0.3) is 0 Å². The second-order valence-corrected chi connectivity index (χ2v) is 4.88. The Morgan fingerprint density at radius 1 is 1.35 bits per heavy atom. The smallest absolute Gasteiger partial charge is 0.116 e. The number of aromatic hydroxyl groups is 1. The van der Waals surface area contributed by atoms with E-state index in [2.05, 4.69) is 10.3 Å². The lowest BCUT2D eigenvalue weighted by Crippen LogP contribution is -2.36. The summed E-state index contributed by atoms with van der Waals surface area (Å²) >= 11 is 0. The number of aromatic nitrogens is 1. The number of fused-ring (bicyclic) bond motifs is 1. The van der Waals surface area contributed by atoms with Gasteiger partial charge in [-0.25, -0.2) is 0 Å². The minimum absolute atomic E-state index is 0.338. The Morgan fingerprint density at radius 2 is 2.24 bits per heavy atom. The van der Waals surface area contributed by atoms with Crippen LogP contribution in [0.4, 0.5) is 0 Å². The van der Waals surface area contributed by atoms with Gasteiger partial charge in [0, 0.05) is 23.1 Å². The first-order valence-electron chi connectivity index (χ1n) is 6.35. The normalized spacial score (nSPS) is 16.2. The van der Waals surface area contributed by atoms with E-state index in [1.54, 1.807) is 6.07 Å². The number of nitrogens with one attached hydrogen (secondary N) is 2. The van der Waals surface area contributed by atoms with Crippen LogP contribution in [0.2, 0.25) is 0 Å². The number of aromatic amines is 1. The van der Waals surface area contributed by atoms with E-state index in [0.29, 0.717) is 5.75 Å². The number of hydrogen-bond donors (Lipinski definition) is 3. The van der Waals surface area contributed by atoms with Crippen LogP contribution in [-0.4, -0.2) is 22.7 Å². The molecule has 1 aliphatic rings. The van der Waals surface area contributed by atoms with Gasteiger partial charge >= 0.3 is 0 Å². The van der Waals surface area contributed by atoms with Gasteiger partial charge in [0.05, 0.1) is 0 Å². The first-order chi connectivity index (χ1) is 8.33.